The number of rotatable bonds is 8. The minimum absolute atomic E-state index is 0.0248. The summed E-state index contributed by atoms with van der Waals surface area (Å²) in [5.74, 6) is 0.810. The molecule has 0 radical (unpaired) electrons. The Morgan fingerprint density at radius 2 is 2.08 bits per heavy atom. The van der Waals surface area contributed by atoms with Crippen LogP contribution < -0.4 is 10.1 Å². The monoisotopic (exact) mass is 400 g/mol. The van der Waals surface area contributed by atoms with Crippen molar-refractivity contribution in [1.29, 1.82) is 0 Å². The van der Waals surface area contributed by atoms with Gasteiger partial charge < -0.3 is 20.1 Å². The summed E-state index contributed by atoms with van der Waals surface area (Å²) in [6.45, 7) is 10.4. The zero-order valence-electron chi connectivity index (χ0n) is 15.1. The highest BCUT2D eigenvalue weighted by atomic mass is 79.9. The van der Waals surface area contributed by atoms with Gasteiger partial charge in [-0.2, -0.15) is 0 Å². The van der Waals surface area contributed by atoms with Crippen molar-refractivity contribution in [1.82, 2.24) is 10.2 Å². The van der Waals surface area contributed by atoms with Crippen LogP contribution in [0.5, 0.6) is 5.75 Å². The fourth-order valence-corrected chi connectivity index (χ4v) is 2.66. The number of amides is 2. The number of carbonyl (C=O) groups excluding carboxylic acids is 1. The van der Waals surface area contributed by atoms with Crippen LogP contribution in [0.2, 0.25) is 0 Å². The quantitative estimate of drug-likeness (QED) is 0.655. The lowest BCUT2D eigenvalue weighted by Crippen LogP contribution is -2.41. The summed E-state index contributed by atoms with van der Waals surface area (Å²) >= 11 is 3.55. The molecule has 0 atom stereocenters. The molecule has 0 bridgehead atoms. The molecule has 1 aromatic rings. The molecule has 5 nitrogen and oxygen atoms in total. The van der Waals surface area contributed by atoms with Crippen LogP contribution in [0.1, 0.15) is 39.7 Å². The number of urea groups is 1. The van der Waals surface area contributed by atoms with Gasteiger partial charge in [-0.25, -0.2) is 4.79 Å². The highest BCUT2D eigenvalue weighted by molar-refractivity contribution is 9.10. The first-order valence-corrected chi connectivity index (χ1v) is 9.15. The van der Waals surface area contributed by atoms with E-state index in [1.807, 2.05) is 13.0 Å². The highest BCUT2D eigenvalue weighted by Crippen LogP contribution is 2.31. The first-order chi connectivity index (χ1) is 11.3. The molecule has 2 N–H and O–H groups in total. The average molecular weight is 401 g/mol. The van der Waals surface area contributed by atoms with Gasteiger partial charge in [0.2, 0.25) is 0 Å². The maximum absolute atomic E-state index is 11.8. The van der Waals surface area contributed by atoms with Gasteiger partial charge in [0, 0.05) is 19.6 Å². The summed E-state index contributed by atoms with van der Waals surface area (Å²) in [6.07, 6.45) is 0.718. The number of halogens is 1. The maximum atomic E-state index is 11.8. The minimum atomic E-state index is -0.151. The molecule has 0 fully saturated rings. The second-order valence-corrected chi connectivity index (χ2v) is 7.49. The SMILES string of the molecule is CCN(CCO)C(=O)NCCCOc1ccc(C(C)(C)C)cc1Br. The third-order valence-electron chi connectivity index (χ3n) is 3.69. The van der Waals surface area contributed by atoms with Crippen LogP contribution in [0.3, 0.4) is 0 Å². The molecule has 1 aromatic carbocycles. The Labute approximate surface area is 153 Å². The van der Waals surface area contributed by atoms with Gasteiger partial charge >= 0.3 is 6.03 Å². The fourth-order valence-electron chi connectivity index (χ4n) is 2.17. The Balaban J connectivity index is 2.37. The van der Waals surface area contributed by atoms with Crippen molar-refractivity contribution < 1.29 is 14.6 Å². The molecule has 0 unspecified atom stereocenters. The van der Waals surface area contributed by atoms with Gasteiger partial charge in [-0.15, -0.1) is 0 Å². The lowest BCUT2D eigenvalue weighted by molar-refractivity contribution is 0.179. The van der Waals surface area contributed by atoms with E-state index in [9.17, 15) is 4.79 Å². The number of ether oxygens (including phenoxy) is 1. The van der Waals surface area contributed by atoms with E-state index < -0.39 is 0 Å². The largest absolute Gasteiger partial charge is 0.492 e. The van der Waals surface area contributed by atoms with Crippen LogP contribution in [-0.4, -0.2) is 48.9 Å². The Hall–Kier alpha value is -1.27. The van der Waals surface area contributed by atoms with E-state index in [0.717, 1.165) is 16.6 Å². The van der Waals surface area contributed by atoms with E-state index in [-0.39, 0.29) is 18.1 Å². The van der Waals surface area contributed by atoms with E-state index >= 15 is 0 Å². The Morgan fingerprint density at radius 1 is 1.38 bits per heavy atom. The van der Waals surface area contributed by atoms with E-state index in [0.29, 0.717) is 26.2 Å². The number of nitrogens with zero attached hydrogens (tertiary/aromatic N) is 1. The van der Waals surface area contributed by atoms with Gasteiger partial charge in [-0.05, 0) is 52.4 Å². The third kappa shape index (κ3) is 6.69. The molecule has 0 saturated heterocycles. The summed E-state index contributed by atoms with van der Waals surface area (Å²) in [4.78, 5) is 13.4. The van der Waals surface area contributed by atoms with E-state index in [1.54, 1.807) is 4.90 Å². The summed E-state index contributed by atoms with van der Waals surface area (Å²) < 4.78 is 6.71. The molecule has 0 aliphatic heterocycles. The molecule has 24 heavy (non-hydrogen) atoms. The predicted molar refractivity (Wildman–Crippen MR) is 101 cm³/mol. The number of hydrogen-bond donors (Lipinski definition) is 2. The van der Waals surface area contributed by atoms with Crippen molar-refractivity contribution in [2.45, 2.75) is 39.5 Å². The first-order valence-electron chi connectivity index (χ1n) is 8.36. The third-order valence-corrected chi connectivity index (χ3v) is 4.31. The molecule has 1 rings (SSSR count). The molecule has 0 spiro atoms. The van der Waals surface area contributed by atoms with Gasteiger partial charge in [-0.1, -0.05) is 26.8 Å². The molecule has 0 aliphatic carbocycles. The molecule has 0 heterocycles. The van der Waals surface area contributed by atoms with Crippen LogP contribution in [-0.2, 0) is 5.41 Å². The van der Waals surface area contributed by atoms with Crippen molar-refractivity contribution in [3.05, 3.63) is 28.2 Å². The number of likely N-dealkylation sites (N-methyl/N-ethyl adjacent to an activating group) is 1. The Morgan fingerprint density at radius 3 is 2.62 bits per heavy atom. The zero-order chi connectivity index (χ0) is 18.2. The van der Waals surface area contributed by atoms with Crippen LogP contribution in [0.4, 0.5) is 4.79 Å². The topological polar surface area (TPSA) is 61.8 Å². The fraction of sp³-hybridized carbons (Fsp3) is 0.611. The Bertz CT molecular complexity index is 529. The summed E-state index contributed by atoms with van der Waals surface area (Å²) in [5, 5.41) is 11.7. The molecule has 6 heteroatoms. The van der Waals surface area contributed by atoms with Crippen molar-refractivity contribution in [2.24, 2.45) is 0 Å². The normalized spacial score (nSPS) is 11.2. The summed E-state index contributed by atoms with van der Waals surface area (Å²) in [6, 6.07) is 5.99. The lowest BCUT2D eigenvalue weighted by atomic mass is 9.87. The zero-order valence-corrected chi connectivity index (χ0v) is 16.6. The second-order valence-electron chi connectivity index (χ2n) is 6.63. The predicted octanol–water partition coefficient (Wildman–Crippen LogP) is 3.54. The average Bonchev–Trinajstić information content (AvgIpc) is 2.52. The van der Waals surface area contributed by atoms with E-state index in [4.69, 9.17) is 9.84 Å². The molecule has 0 aromatic heterocycles. The van der Waals surface area contributed by atoms with Gasteiger partial charge in [0.1, 0.15) is 5.75 Å². The van der Waals surface area contributed by atoms with Crippen LogP contribution >= 0.6 is 15.9 Å². The molecular formula is C18H29BrN2O3. The standard InChI is InChI=1S/C18H29BrN2O3/c1-5-21(10-11-22)17(23)20-9-6-12-24-16-8-7-14(13-15(16)19)18(2,3)4/h7-8,13,22H,5-6,9-12H2,1-4H3,(H,20,23). The first kappa shape index (κ1) is 20.8. The molecular weight excluding hydrogens is 372 g/mol. The number of aliphatic hydroxyl groups is 1. The van der Waals surface area contributed by atoms with Crippen molar-refractivity contribution in [2.75, 3.05) is 32.8 Å². The molecule has 136 valence electrons. The second kappa shape index (κ2) is 9.89. The Kier molecular flexibility index (Phi) is 8.56. The number of aliphatic hydroxyl groups excluding tert-OH is 1. The number of benzene rings is 1. The van der Waals surface area contributed by atoms with Crippen molar-refractivity contribution >= 4 is 22.0 Å². The number of nitrogens with one attached hydrogen (secondary N) is 1. The van der Waals surface area contributed by atoms with Crippen LogP contribution in [0.25, 0.3) is 0 Å². The molecule has 2 amide bonds. The van der Waals surface area contributed by atoms with Crippen molar-refractivity contribution in [3.63, 3.8) is 0 Å². The molecule has 0 aliphatic rings. The summed E-state index contributed by atoms with van der Waals surface area (Å²) in [5.41, 5.74) is 1.35. The van der Waals surface area contributed by atoms with Gasteiger partial charge in [0.15, 0.2) is 0 Å². The van der Waals surface area contributed by atoms with E-state index in [1.165, 1.54) is 5.56 Å². The number of hydrogen-bond acceptors (Lipinski definition) is 3. The van der Waals surface area contributed by atoms with Crippen LogP contribution in [0, 0.1) is 0 Å². The highest BCUT2D eigenvalue weighted by Gasteiger charge is 2.15. The lowest BCUT2D eigenvalue weighted by Gasteiger charge is -2.21. The maximum Gasteiger partial charge on any atom is 0.317 e. The van der Waals surface area contributed by atoms with Gasteiger partial charge in [-0.3, -0.25) is 0 Å². The van der Waals surface area contributed by atoms with Gasteiger partial charge in [0.25, 0.3) is 0 Å². The van der Waals surface area contributed by atoms with Crippen LogP contribution in [0.15, 0.2) is 22.7 Å². The molecule has 0 saturated carbocycles. The number of carbonyl (C=O) groups is 1. The van der Waals surface area contributed by atoms with Crippen molar-refractivity contribution in [3.8, 4) is 5.75 Å². The van der Waals surface area contributed by atoms with E-state index in [2.05, 4.69) is 54.2 Å². The smallest absolute Gasteiger partial charge is 0.317 e. The van der Waals surface area contributed by atoms with Gasteiger partial charge in [0.05, 0.1) is 17.7 Å². The summed E-state index contributed by atoms with van der Waals surface area (Å²) in [7, 11) is 0. The minimum Gasteiger partial charge on any atom is -0.492 e.